The lowest BCUT2D eigenvalue weighted by atomic mass is 9.96. The average Bonchev–Trinajstić information content (AvgIpc) is 2.14. The highest BCUT2D eigenvalue weighted by Gasteiger charge is 2.08. The fourth-order valence-electron chi connectivity index (χ4n) is 1.83. The van der Waals surface area contributed by atoms with Crippen LogP contribution in [0.25, 0.3) is 0 Å². The first kappa shape index (κ1) is 13.8. The van der Waals surface area contributed by atoms with Crippen molar-refractivity contribution in [1.82, 2.24) is 0 Å². The topological polar surface area (TPSA) is 26.3 Å². The van der Waals surface area contributed by atoms with Crippen LogP contribution in [0.4, 0.5) is 0 Å². The van der Waals surface area contributed by atoms with E-state index in [-0.39, 0.29) is 5.97 Å². The van der Waals surface area contributed by atoms with Crippen LogP contribution >= 0.6 is 0 Å². The van der Waals surface area contributed by atoms with Gasteiger partial charge in [0, 0.05) is 6.92 Å². The second kappa shape index (κ2) is 5.85. The maximum Gasteiger partial charge on any atom is 0.308 e. The van der Waals surface area contributed by atoms with E-state index in [9.17, 15) is 4.79 Å². The third kappa shape index (κ3) is 4.59. The summed E-state index contributed by atoms with van der Waals surface area (Å²) in [5.41, 5.74) is 2.46. The molecule has 0 saturated heterocycles. The Kier molecular flexibility index (Phi) is 4.73. The molecule has 0 amide bonds. The van der Waals surface area contributed by atoms with Gasteiger partial charge >= 0.3 is 5.97 Å². The van der Waals surface area contributed by atoms with E-state index in [0.29, 0.717) is 17.6 Å². The van der Waals surface area contributed by atoms with E-state index in [1.165, 1.54) is 18.1 Å². The maximum absolute atomic E-state index is 11.0. The van der Waals surface area contributed by atoms with E-state index in [0.717, 1.165) is 6.42 Å². The Labute approximate surface area is 104 Å². The molecule has 0 heterocycles. The Morgan fingerprint density at radius 1 is 1.18 bits per heavy atom. The van der Waals surface area contributed by atoms with Gasteiger partial charge in [-0.2, -0.15) is 0 Å². The zero-order valence-electron chi connectivity index (χ0n) is 11.4. The Balaban J connectivity index is 3.04. The van der Waals surface area contributed by atoms with Gasteiger partial charge in [0.2, 0.25) is 0 Å². The second-order valence-corrected chi connectivity index (χ2v) is 5.26. The minimum absolute atomic E-state index is 0.263. The van der Waals surface area contributed by atoms with Gasteiger partial charge in [-0.25, -0.2) is 0 Å². The van der Waals surface area contributed by atoms with Crippen molar-refractivity contribution in [3.8, 4) is 5.75 Å². The van der Waals surface area contributed by atoms with E-state index in [2.05, 4.69) is 33.8 Å². The molecule has 0 aliphatic rings. The molecule has 0 radical (unpaired) electrons. The molecule has 0 fully saturated rings. The lowest BCUT2D eigenvalue weighted by Crippen LogP contribution is -2.04. The maximum atomic E-state index is 11.0. The van der Waals surface area contributed by atoms with Gasteiger partial charge in [-0.05, 0) is 41.5 Å². The Bertz CT molecular complexity index is 392. The number of esters is 1. The van der Waals surface area contributed by atoms with Gasteiger partial charge in [-0.1, -0.05) is 33.8 Å². The van der Waals surface area contributed by atoms with Gasteiger partial charge in [0.25, 0.3) is 0 Å². The first-order valence-electron chi connectivity index (χ1n) is 6.20. The van der Waals surface area contributed by atoms with Crippen molar-refractivity contribution in [2.75, 3.05) is 0 Å². The summed E-state index contributed by atoms with van der Waals surface area (Å²) >= 11 is 0. The molecule has 94 valence electrons. The molecule has 0 aliphatic heterocycles. The number of ether oxygens (including phenoxy) is 1. The molecule has 0 aromatic heterocycles. The fourth-order valence-corrected chi connectivity index (χ4v) is 1.83. The minimum atomic E-state index is -0.263. The molecule has 0 saturated carbocycles. The largest absolute Gasteiger partial charge is 0.427 e. The number of benzene rings is 1. The molecule has 1 aromatic carbocycles. The predicted molar refractivity (Wildman–Crippen MR) is 70.4 cm³/mol. The molecular weight excluding hydrogens is 212 g/mol. The lowest BCUT2D eigenvalue weighted by Gasteiger charge is -2.13. The van der Waals surface area contributed by atoms with Crippen LogP contribution in [0.3, 0.4) is 0 Å². The smallest absolute Gasteiger partial charge is 0.308 e. The van der Waals surface area contributed by atoms with Crippen LogP contribution in [0.1, 0.15) is 51.7 Å². The van der Waals surface area contributed by atoms with Gasteiger partial charge in [0.05, 0.1) is 0 Å². The highest BCUT2D eigenvalue weighted by Crippen LogP contribution is 2.24. The number of hydrogen-bond donors (Lipinski definition) is 0. The molecule has 0 bridgehead atoms. The highest BCUT2D eigenvalue weighted by atomic mass is 16.5. The van der Waals surface area contributed by atoms with Gasteiger partial charge in [0.1, 0.15) is 5.75 Å². The van der Waals surface area contributed by atoms with Crippen molar-refractivity contribution in [2.45, 2.75) is 47.0 Å². The average molecular weight is 234 g/mol. The quantitative estimate of drug-likeness (QED) is 0.582. The van der Waals surface area contributed by atoms with Gasteiger partial charge in [-0.15, -0.1) is 0 Å². The van der Waals surface area contributed by atoms with E-state index < -0.39 is 0 Å². The molecule has 1 rings (SSSR count). The molecule has 17 heavy (non-hydrogen) atoms. The van der Waals surface area contributed by atoms with Crippen molar-refractivity contribution in [3.05, 3.63) is 29.3 Å². The first-order chi connectivity index (χ1) is 7.88. The van der Waals surface area contributed by atoms with Crippen molar-refractivity contribution in [3.63, 3.8) is 0 Å². The van der Waals surface area contributed by atoms with E-state index >= 15 is 0 Å². The van der Waals surface area contributed by atoms with Crippen LogP contribution < -0.4 is 4.74 Å². The molecule has 0 spiro atoms. The first-order valence-corrected chi connectivity index (χ1v) is 6.20. The molecule has 0 N–H and O–H groups in total. The minimum Gasteiger partial charge on any atom is -0.427 e. The number of rotatable bonds is 4. The van der Waals surface area contributed by atoms with Crippen molar-refractivity contribution in [2.24, 2.45) is 5.92 Å². The summed E-state index contributed by atoms with van der Waals surface area (Å²) < 4.78 is 5.19. The Hall–Kier alpha value is -1.31. The monoisotopic (exact) mass is 234 g/mol. The van der Waals surface area contributed by atoms with Gasteiger partial charge < -0.3 is 4.74 Å². The summed E-state index contributed by atoms with van der Waals surface area (Å²) in [5.74, 6) is 1.44. The third-order valence-electron chi connectivity index (χ3n) is 2.56. The number of hydrogen-bond acceptors (Lipinski definition) is 2. The van der Waals surface area contributed by atoms with Crippen LogP contribution in [0.15, 0.2) is 18.2 Å². The molecular formula is C15H22O2. The molecule has 1 aromatic rings. The molecule has 2 heteroatoms. The molecule has 2 nitrogen and oxygen atoms in total. The zero-order valence-corrected chi connectivity index (χ0v) is 11.4. The van der Waals surface area contributed by atoms with Crippen LogP contribution in [-0.4, -0.2) is 5.97 Å². The summed E-state index contributed by atoms with van der Waals surface area (Å²) in [6.45, 7) is 10.1. The van der Waals surface area contributed by atoms with E-state index in [1.807, 2.05) is 12.1 Å². The van der Waals surface area contributed by atoms with Gasteiger partial charge in [0.15, 0.2) is 0 Å². The van der Waals surface area contributed by atoms with Crippen molar-refractivity contribution >= 4 is 5.97 Å². The fraction of sp³-hybridized carbons (Fsp3) is 0.533. The lowest BCUT2D eigenvalue weighted by molar-refractivity contribution is -0.131. The summed E-state index contributed by atoms with van der Waals surface area (Å²) in [6, 6.07) is 6.13. The molecule has 0 atom stereocenters. The summed E-state index contributed by atoms with van der Waals surface area (Å²) in [4.78, 5) is 11.0. The SMILES string of the molecule is CC(=O)Oc1cc(CC(C)C)cc(C(C)C)c1. The highest BCUT2D eigenvalue weighted by molar-refractivity contribution is 5.69. The summed E-state index contributed by atoms with van der Waals surface area (Å²) in [6.07, 6.45) is 1.01. The Morgan fingerprint density at radius 3 is 2.29 bits per heavy atom. The van der Waals surface area contributed by atoms with Crippen LogP contribution in [0, 0.1) is 5.92 Å². The predicted octanol–water partition coefficient (Wildman–Crippen LogP) is 3.93. The summed E-state index contributed by atoms with van der Waals surface area (Å²) in [7, 11) is 0. The van der Waals surface area contributed by atoms with Crippen LogP contribution in [0.5, 0.6) is 5.75 Å². The molecule has 0 aliphatic carbocycles. The van der Waals surface area contributed by atoms with Crippen LogP contribution in [-0.2, 0) is 11.2 Å². The Morgan fingerprint density at radius 2 is 1.82 bits per heavy atom. The van der Waals surface area contributed by atoms with E-state index in [4.69, 9.17) is 4.74 Å². The van der Waals surface area contributed by atoms with Crippen LogP contribution in [0.2, 0.25) is 0 Å². The summed E-state index contributed by atoms with van der Waals surface area (Å²) in [5, 5.41) is 0. The normalized spacial score (nSPS) is 11.0. The second-order valence-electron chi connectivity index (χ2n) is 5.26. The standard InChI is InChI=1S/C15H22O2/c1-10(2)6-13-7-14(11(3)4)9-15(8-13)17-12(5)16/h7-11H,6H2,1-5H3. The molecule has 0 unspecified atom stereocenters. The number of carbonyl (C=O) groups excluding carboxylic acids is 1. The van der Waals surface area contributed by atoms with Crippen molar-refractivity contribution in [1.29, 1.82) is 0 Å². The third-order valence-corrected chi connectivity index (χ3v) is 2.56. The van der Waals surface area contributed by atoms with Crippen molar-refractivity contribution < 1.29 is 9.53 Å². The van der Waals surface area contributed by atoms with E-state index in [1.54, 1.807) is 0 Å². The number of carbonyl (C=O) groups is 1. The van der Waals surface area contributed by atoms with Gasteiger partial charge in [-0.3, -0.25) is 4.79 Å². The zero-order chi connectivity index (χ0) is 13.0.